The lowest BCUT2D eigenvalue weighted by molar-refractivity contribution is -0.155. The molecule has 2 rings (SSSR count). The zero-order valence-electron chi connectivity index (χ0n) is 8.26. The Labute approximate surface area is 78.5 Å². The molecule has 0 amide bonds. The summed E-state index contributed by atoms with van der Waals surface area (Å²) in [5.74, 6) is -0.668. The van der Waals surface area contributed by atoms with E-state index >= 15 is 0 Å². The molecule has 0 bridgehead atoms. The maximum Gasteiger partial charge on any atom is 0.323 e. The van der Waals surface area contributed by atoms with Crippen molar-refractivity contribution in [3.8, 4) is 0 Å². The topological polar surface area (TPSA) is 49.3 Å². The predicted molar refractivity (Wildman–Crippen MR) is 49.5 cm³/mol. The van der Waals surface area contributed by atoms with Crippen LogP contribution in [0, 0.1) is 5.41 Å². The monoisotopic (exact) mass is 183 g/mol. The van der Waals surface area contributed by atoms with Gasteiger partial charge in [-0.2, -0.15) is 0 Å². The van der Waals surface area contributed by atoms with Gasteiger partial charge in [0.15, 0.2) is 0 Å². The first-order valence-electron chi connectivity index (χ1n) is 4.95. The molecule has 3 heteroatoms. The summed E-state index contributed by atoms with van der Waals surface area (Å²) in [7, 11) is 0. The fourth-order valence-electron chi connectivity index (χ4n) is 2.52. The van der Waals surface area contributed by atoms with E-state index in [4.69, 9.17) is 5.11 Å². The van der Waals surface area contributed by atoms with Gasteiger partial charge in [-0.25, -0.2) is 0 Å². The van der Waals surface area contributed by atoms with E-state index in [1.54, 1.807) is 0 Å². The fourth-order valence-corrected chi connectivity index (χ4v) is 2.52. The Morgan fingerprint density at radius 2 is 1.92 bits per heavy atom. The molecule has 2 fully saturated rings. The normalized spacial score (nSPS) is 29.4. The number of rotatable bonds is 3. The number of carboxylic acid groups (broad SMARTS) is 1. The van der Waals surface area contributed by atoms with Gasteiger partial charge >= 0.3 is 5.97 Å². The van der Waals surface area contributed by atoms with Gasteiger partial charge in [0.2, 0.25) is 0 Å². The summed E-state index contributed by atoms with van der Waals surface area (Å²) in [6.07, 6.45) is 3.84. The van der Waals surface area contributed by atoms with Crippen LogP contribution in [-0.4, -0.2) is 22.7 Å². The molecule has 13 heavy (non-hydrogen) atoms. The van der Waals surface area contributed by atoms with Crippen molar-refractivity contribution >= 4 is 5.97 Å². The van der Waals surface area contributed by atoms with Crippen molar-refractivity contribution in [1.82, 2.24) is 5.32 Å². The average molecular weight is 183 g/mol. The molecule has 3 nitrogen and oxygen atoms in total. The van der Waals surface area contributed by atoms with E-state index in [9.17, 15) is 4.79 Å². The van der Waals surface area contributed by atoms with E-state index in [0.29, 0.717) is 6.04 Å². The molecule has 0 heterocycles. The first kappa shape index (κ1) is 9.00. The molecule has 2 aliphatic rings. The van der Waals surface area contributed by atoms with Crippen LogP contribution in [0.1, 0.15) is 39.5 Å². The van der Waals surface area contributed by atoms with Crippen LogP contribution in [0.2, 0.25) is 0 Å². The standard InChI is InChI=1S/C10H17NO2/c1-9(2)5-10(6-9,8(12)13)11-7-3-4-7/h7,11H,3-6H2,1-2H3,(H,12,13). The fraction of sp³-hybridized carbons (Fsp3) is 0.900. The number of hydrogen-bond acceptors (Lipinski definition) is 2. The second kappa shape index (κ2) is 2.47. The second-order valence-electron chi connectivity index (χ2n) is 5.32. The molecule has 0 saturated heterocycles. The Bertz CT molecular complexity index is 230. The molecule has 2 N–H and O–H groups in total. The SMILES string of the molecule is CC1(C)CC(NC2CC2)(C(=O)O)C1. The molecule has 0 spiro atoms. The third kappa shape index (κ3) is 1.57. The third-order valence-corrected chi connectivity index (χ3v) is 3.03. The van der Waals surface area contributed by atoms with Gasteiger partial charge in [-0.1, -0.05) is 13.8 Å². The molecule has 0 aromatic heterocycles. The Morgan fingerprint density at radius 3 is 2.23 bits per heavy atom. The van der Waals surface area contributed by atoms with Crippen LogP contribution in [0.4, 0.5) is 0 Å². The lowest BCUT2D eigenvalue weighted by Gasteiger charge is -2.50. The number of aliphatic carboxylic acids is 1. The highest BCUT2D eigenvalue weighted by Crippen LogP contribution is 2.49. The van der Waals surface area contributed by atoms with Gasteiger partial charge < -0.3 is 5.11 Å². The van der Waals surface area contributed by atoms with Gasteiger partial charge in [0, 0.05) is 6.04 Å². The van der Waals surface area contributed by atoms with Crippen molar-refractivity contribution in [1.29, 1.82) is 0 Å². The summed E-state index contributed by atoms with van der Waals surface area (Å²) in [6, 6.07) is 0.479. The van der Waals surface area contributed by atoms with Gasteiger partial charge in [0.25, 0.3) is 0 Å². The zero-order valence-corrected chi connectivity index (χ0v) is 8.26. The summed E-state index contributed by atoms with van der Waals surface area (Å²) in [5.41, 5.74) is -0.384. The molecule has 2 saturated carbocycles. The summed E-state index contributed by atoms with van der Waals surface area (Å²) in [4.78, 5) is 11.1. The Morgan fingerprint density at radius 1 is 1.38 bits per heavy atom. The maximum atomic E-state index is 11.1. The minimum absolute atomic E-state index is 0.209. The van der Waals surface area contributed by atoms with Gasteiger partial charge in [-0.3, -0.25) is 10.1 Å². The van der Waals surface area contributed by atoms with Crippen molar-refractivity contribution in [2.24, 2.45) is 5.41 Å². The summed E-state index contributed by atoms with van der Waals surface area (Å²) >= 11 is 0. The minimum Gasteiger partial charge on any atom is -0.480 e. The molecule has 0 unspecified atom stereocenters. The second-order valence-corrected chi connectivity index (χ2v) is 5.32. The summed E-state index contributed by atoms with van der Waals surface area (Å²) < 4.78 is 0. The molecule has 0 atom stereocenters. The van der Waals surface area contributed by atoms with Crippen LogP contribution in [0.3, 0.4) is 0 Å². The quantitative estimate of drug-likeness (QED) is 0.695. The van der Waals surface area contributed by atoms with E-state index in [1.807, 2.05) is 0 Å². The molecule has 2 aliphatic carbocycles. The van der Waals surface area contributed by atoms with Crippen LogP contribution < -0.4 is 5.32 Å². The largest absolute Gasteiger partial charge is 0.480 e. The van der Waals surface area contributed by atoms with Crippen LogP contribution >= 0.6 is 0 Å². The Kier molecular flexibility index (Phi) is 1.71. The third-order valence-electron chi connectivity index (χ3n) is 3.03. The van der Waals surface area contributed by atoms with E-state index < -0.39 is 11.5 Å². The first-order chi connectivity index (χ1) is 5.94. The molecular formula is C10H17NO2. The summed E-state index contributed by atoms with van der Waals surface area (Å²) in [6.45, 7) is 4.26. The maximum absolute atomic E-state index is 11.1. The van der Waals surface area contributed by atoms with Crippen LogP contribution in [0.15, 0.2) is 0 Å². The zero-order chi connectivity index (χ0) is 9.69. The molecule has 0 radical (unpaired) electrons. The number of carboxylic acids is 1. The highest BCUT2D eigenvalue weighted by Gasteiger charge is 2.56. The van der Waals surface area contributed by atoms with Crippen molar-refractivity contribution in [3.63, 3.8) is 0 Å². The molecule has 0 aromatic carbocycles. The highest BCUT2D eigenvalue weighted by atomic mass is 16.4. The van der Waals surface area contributed by atoms with Gasteiger partial charge in [0.1, 0.15) is 5.54 Å². The number of carbonyl (C=O) groups is 1. The van der Waals surface area contributed by atoms with E-state index in [2.05, 4.69) is 19.2 Å². The van der Waals surface area contributed by atoms with Crippen molar-refractivity contribution < 1.29 is 9.90 Å². The number of hydrogen-bond donors (Lipinski definition) is 2. The first-order valence-corrected chi connectivity index (χ1v) is 4.95. The van der Waals surface area contributed by atoms with Crippen molar-refractivity contribution in [2.45, 2.75) is 51.1 Å². The van der Waals surface area contributed by atoms with E-state index in [1.165, 1.54) is 0 Å². The molecule has 0 aliphatic heterocycles. The smallest absolute Gasteiger partial charge is 0.323 e. The van der Waals surface area contributed by atoms with Crippen LogP contribution in [0.5, 0.6) is 0 Å². The van der Waals surface area contributed by atoms with Gasteiger partial charge in [-0.05, 0) is 31.1 Å². The molecular weight excluding hydrogens is 166 g/mol. The Balaban J connectivity index is 2.01. The van der Waals surface area contributed by atoms with Crippen molar-refractivity contribution in [2.75, 3.05) is 0 Å². The molecule has 0 aromatic rings. The number of nitrogens with one attached hydrogen (secondary N) is 1. The minimum atomic E-state index is -0.668. The van der Waals surface area contributed by atoms with Gasteiger partial charge in [-0.15, -0.1) is 0 Å². The van der Waals surface area contributed by atoms with Crippen LogP contribution in [0.25, 0.3) is 0 Å². The average Bonchev–Trinajstić information content (AvgIpc) is 2.66. The van der Waals surface area contributed by atoms with Crippen molar-refractivity contribution in [3.05, 3.63) is 0 Å². The van der Waals surface area contributed by atoms with E-state index in [-0.39, 0.29) is 5.41 Å². The van der Waals surface area contributed by atoms with Crippen LogP contribution in [-0.2, 0) is 4.79 Å². The Hall–Kier alpha value is -0.570. The molecule has 74 valence electrons. The predicted octanol–water partition coefficient (Wildman–Crippen LogP) is 1.38. The van der Waals surface area contributed by atoms with Gasteiger partial charge in [0.05, 0.1) is 0 Å². The highest BCUT2D eigenvalue weighted by molar-refractivity contribution is 5.80. The lowest BCUT2D eigenvalue weighted by atomic mass is 9.59. The van der Waals surface area contributed by atoms with E-state index in [0.717, 1.165) is 25.7 Å². The lowest BCUT2D eigenvalue weighted by Crippen LogP contribution is -2.64. The summed E-state index contributed by atoms with van der Waals surface area (Å²) in [5, 5.41) is 12.4.